The minimum absolute atomic E-state index is 0.0308. The van der Waals surface area contributed by atoms with Gasteiger partial charge in [0.2, 0.25) is 5.79 Å². The number of hydrogen-bond donors (Lipinski definition) is 2. The maximum atomic E-state index is 13.0. The molecule has 0 bridgehead atoms. The van der Waals surface area contributed by atoms with Gasteiger partial charge in [0.15, 0.2) is 0 Å². The van der Waals surface area contributed by atoms with Gasteiger partial charge >= 0.3 is 12.1 Å². The lowest BCUT2D eigenvalue weighted by Gasteiger charge is -2.26. The molecule has 1 aliphatic heterocycles. The molecule has 2 fully saturated rings. The zero-order valence-corrected chi connectivity index (χ0v) is 20.2. The molecule has 1 saturated heterocycles. The van der Waals surface area contributed by atoms with Crippen LogP contribution in [0.15, 0.2) is 48.6 Å². The summed E-state index contributed by atoms with van der Waals surface area (Å²) in [7, 11) is 1.35. The van der Waals surface area contributed by atoms with Crippen molar-refractivity contribution in [2.24, 2.45) is 11.8 Å². The van der Waals surface area contributed by atoms with Crippen LogP contribution in [0.1, 0.15) is 37.7 Å². The van der Waals surface area contributed by atoms with Gasteiger partial charge in [-0.15, -0.1) is 0 Å². The van der Waals surface area contributed by atoms with Gasteiger partial charge in [0.05, 0.1) is 38.1 Å². The van der Waals surface area contributed by atoms with E-state index in [0.717, 1.165) is 12.1 Å². The highest BCUT2D eigenvalue weighted by Crippen LogP contribution is 2.37. The fourth-order valence-electron chi connectivity index (χ4n) is 4.45. The van der Waals surface area contributed by atoms with E-state index in [2.05, 4.69) is 4.74 Å². The lowest BCUT2D eigenvalue weighted by Crippen LogP contribution is -2.35. The second kappa shape index (κ2) is 12.7. The maximum absolute atomic E-state index is 13.0. The van der Waals surface area contributed by atoms with Crippen molar-refractivity contribution in [3.05, 3.63) is 54.1 Å². The summed E-state index contributed by atoms with van der Waals surface area (Å²) >= 11 is 0. The first kappa shape index (κ1) is 28.2. The van der Waals surface area contributed by atoms with Crippen LogP contribution in [-0.4, -0.2) is 61.1 Å². The highest BCUT2D eigenvalue weighted by Gasteiger charge is 2.41. The second-order valence-electron chi connectivity index (χ2n) is 8.97. The lowest BCUT2D eigenvalue weighted by molar-refractivity contribution is -0.141. The Morgan fingerprint density at radius 2 is 1.94 bits per heavy atom. The van der Waals surface area contributed by atoms with Gasteiger partial charge in [0, 0.05) is 18.8 Å². The fourth-order valence-corrected chi connectivity index (χ4v) is 4.45. The molecule has 200 valence electrons. The van der Waals surface area contributed by atoms with E-state index in [-0.39, 0.29) is 49.8 Å². The predicted molar refractivity (Wildman–Crippen MR) is 124 cm³/mol. The molecule has 2 aliphatic rings. The van der Waals surface area contributed by atoms with Crippen LogP contribution in [0.5, 0.6) is 5.75 Å². The van der Waals surface area contributed by atoms with Crippen molar-refractivity contribution in [1.29, 1.82) is 0 Å². The molecule has 0 spiro atoms. The second-order valence-corrected chi connectivity index (χ2v) is 8.97. The quantitative estimate of drug-likeness (QED) is 0.262. The topological polar surface area (TPSA) is 94.5 Å². The fraction of sp³-hybridized carbons (Fsp3) is 0.577. The van der Waals surface area contributed by atoms with E-state index in [0.29, 0.717) is 25.7 Å². The van der Waals surface area contributed by atoms with E-state index < -0.39 is 29.7 Å². The minimum atomic E-state index is -4.48. The molecule has 4 atom stereocenters. The van der Waals surface area contributed by atoms with Crippen LogP contribution in [0.4, 0.5) is 13.2 Å². The number of unbranched alkanes of at least 4 members (excludes halogenated alkanes) is 1. The van der Waals surface area contributed by atoms with Crippen LogP contribution in [0, 0.1) is 11.8 Å². The van der Waals surface area contributed by atoms with Crippen LogP contribution in [-0.2, 0) is 25.2 Å². The highest BCUT2D eigenvalue weighted by atomic mass is 19.4. The molecule has 1 aromatic carbocycles. The molecule has 0 radical (unpaired) electrons. The third-order valence-corrected chi connectivity index (χ3v) is 6.42. The van der Waals surface area contributed by atoms with Gasteiger partial charge in [-0.1, -0.05) is 24.3 Å². The molecule has 0 aromatic heterocycles. The summed E-state index contributed by atoms with van der Waals surface area (Å²) in [5.41, 5.74) is -0.817. The smallest absolute Gasteiger partial charge is 0.416 e. The minimum Gasteiger partial charge on any atom is -0.488 e. The van der Waals surface area contributed by atoms with Crippen molar-refractivity contribution >= 4 is 5.97 Å². The van der Waals surface area contributed by atoms with E-state index in [1.54, 1.807) is 12.2 Å². The molecule has 1 aliphatic carbocycles. The number of alkyl halides is 3. The average Bonchev–Trinajstić information content (AvgIpc) is 3.42. The van der Waals surface area contributed by atoms with Crippen molar-refractivity contribution in [2.45, 2.75) is 56.3 Å². The van der Waals surface area contributed by atoms with Gasteiger partial charge in [0.1, 0.15) is 12.4 Å². The number of carbonyl (C=O) groups is 1. The van der Waals surface area contributed by atoms with E-state index in [9.17, 15) is 28.2 Å². The maximum Gasteiger partial charge on any atom is 0.416 e. The summed E-state index contributed by atoms with van der Waals surface area (Å²) < 4.78 is 60.6. The largest absolute Gasteiger partial charge is 0.488 e. The van der Waals surface area contributed by atoms with E-state index >= 15 is 0 Å². The van der Waals surface area contributed by atoms with Crippen LogP contribution in [0.3, 0.4) is 0 Å². The van der Waals surface area contributed by atoms with Crippen molar-refractivity contribution in [2.75, 3.05) is 26.9 Å². The van der Waals surface area contributed by atoms with E-state index in [1.807, 2.05) is 12.2 Å². The van der Waals surface area contributed by atoms with E-state index in [1.165, 1.54) is 19.2 Å². The highest BCUT2D eigenvalue weighted by molar-refractivity contribution is 5.69. The number of aliphatic hydroxyl groups is 2. The molecule has 36 heavy (non-hydrogen) atoms. The number of benzene rings is 1. The van der Waals surface area contributed by atoms with Gasteiger partial charge in [-0.2, -0.15) is 13.2 Å². The Morgan fingerprint density at radius 1 is 1.19 bits per heavy atom. The Balaban J connectivity index is 1.62. The molecule has 7 nitrogen and oxygen atoms in total. The number of aliphatic hydroxyl groups excluding tert-OH is 2. The Morgan fingerprint density at radius 3 is 2.64 bits per heavy atom. The molecular weight excluding hydrogens is 481 g/mol. The Kier molecular flexibility index (Phi) is 9.95. The number of methoxy groups -OCH3 is 1. The van der Waals surface area contributed by atoms with Gasteiger partial charge in [-0.05, 0) is 49.5 Å². The van der Waals surface area contributed by atoms with Crippen LogP contribution < -0.4 is 4.74 Å². The number of halogens is 3. The number of carbonyl (C=O) groups excluding carboxylic acids is 1. The SMILES string of the molecule is COC(=O)CCC/C=C\C[C@@H]1[C@@H](/C=C/C2(COc3cccc(C(F)(F)F)c3)OCCO2)[C@H](O)C[C@@H]1O. The van der Waals surface area contributed by atoms with Crippen LogP contribution in [0.25, 0.3) is 0 Å². The lowest BCUT2D eigenvalue weighted by atomic mass is 9.89. The molecule has 0 unspecified atom stereocenters. The van der Waals surface area contributed by atoms with Crippen molar-refractivity contribution in [3.63, 3.8) is 0 Å². The Labute approximate surface area is 208 Å². The summed E-state index contributed by atoms with van der Waals surface area (Å²) in [4.78, 5) is 11.2. The first-order valence-corrected chi connectivity index (χ1v) is 12.0. The van der Waals surface area contributed by atoms with Crippen LogP contribution >= 0.6 is 0 Å². The first-order valence-electron chi connectivity index (χ1n) is 12.0. The Bertz CT molecular complexity index is 909. The number of hydrogen-bond acceptors (Lipinski definition) is 7. The van der Waals surface area contributed by atoms with Crippen molar-refractivity contribution in [1.82, 2.24) is 0 Å². The predicted octanol–water partition coefficient (Wildman–Crippen LogP) is 4.03. The summed E-state index contributed by atoms with van der Waals surface area (Å²) in [5.74, 6) is -2.15. The average molecular weight is 515 g/mol. The summed E-state index contributed by atoms with van der Waals surface area (Å²) in [5, 5.41) is 21.0. The molecule has 0 amide bonds. The molecular formula is C26H33F3O7. The molecule has 1 heterocycles. The number of ether oxygens (including phenoxy) is 4. The van der Waals surface area contributed by atoms with Gasteiger partial charge in [0.25, 0.3) is 0 Å². The normalized spacial score (nSPS) is 26.2. The third-order valence-electron chi connectivity index (χ3n) is 6.42. The Hall–Kier alpha value is -2.40. The molecule has 2 N–H and O–H groups in total. The summed E-state index contributed by atoms with van der Waals surface area (Å²) in [6.45, 7) is 0.384. The van der Waals surface area contributed by atoms with Crippen molar-refractivity contribution in [3.8, 4) is 5.75 Å². The van der Waals surface area contributed by atoms with Gasteiger partial charge in [-0.25, -0.2) is 0 Å². The third kappa shape index (κ3) is 7.80. The zero-order valence-electron chi connectivity index (χ0n) is 20.2. The summed E-state index contributed by atoms with van der Waals surface area (Å²) in [6, 6.07) is 4.57. The number of rotatable bonds is 11. The van der Waals surface area contributed by atoms with Crippen molar-refractivity contribution < 1.29 is 47.1 Å². The molecule has 10 heteroatoms. The first-order chi connectivity index (χ1) is 17.1. The monoisotopic (exact) mass is 514 g/mol. The van der Waals surface area contributed by atoms with Gasteiger partial charge in [-0.3, -0.25) is 4.79 Å². The molecule has 1 saturated carbocycles. The van der Waals surface area contributed by atoms with Crippen LogP contribution in [0.2, 0.25) is 0 Å². The standard InChI is InChI=1S/C26H33F3O7/c1-33-24(32)10-5-3-2-4-9-20-21(23(31)16-22(20)30)11-12-25(35-13-14-36-25)17-34-19-8-6-7-18(15-19)26(27,28)29/h2,4,6-8,11-12,15,20-23,30-31H,3,5,9-10,13-14,16-17H2,1H3/b4-2-,12-11+/t20-,21-,22+,23-/m1/s1. The van der Waals surface area contributed by atoms with Gasteiger partial charge < -0.3 is 29.2 Å². The summed E-state index contributed by atoms with van der Waals surface area (Å²) in [6.07, 6.45) is 3.71. The van der Waals surface area contributed by atoms with E-state index in [4.69, 9.17) is 14.2 Å². The molecule has 1 aromatic rings. The molecule has 3 rings (SSSR count). The zero-order chi connectivity index (χ0) is 26.2. The number of allylic oxidation sites excluding steroid dienone is 2. The number of esters is 1.